The second-order valence-electron chi connectivity index (χ2n) is 4.64. The van der Waals surface area contributed by atoms with Crippen LogP contribution < -0.4 is 11.1 Å². The molecule has 5 nitrogen and oxygen atoms in total. The molecule has 1 aliphatic carbocycles. The molecule has 0 spiro atoms. The molecule has 86 valence electrons. The summed E-state index contributed by atoms with van der Waals surface area (Å²) in [5, 5.41) is 2.74. The van der Waals surface area contributed by atoms with Crippen LogP contribution in [0.4, 0.5) is 0 Å². The van der Waals surface area contributed by atoms with Crippen LogP contribution in [0.3, 0.4) is 0 Å². The van der Waals surface area contributed by atoms with Gasteiger partial charge < -0.3 is 11.1 Å². The fourth-order valence-corrected chi connectivity index (χ4v) is 3.67. The first kappa shape index (κ1) is 10.9. The molecule has 1 saturated heterocycles. The Bertz CT molecular complexity index is 373. The van der Waals surface area contributed by atoms with E-state index >= 15 is 0 Å². The average Bonchev–Trinajstić information content (AvgIpc) is 2.80. The fourth-order valence-electron chi connectivity index (χ4n) is 1.81. The lowest BCUT2D eigenvalue weighted by molar-refractivity contribution is -0.123. The Kier molecular flexibility index (Phi) is 2.50. The third kappa shape index (κ3) is 2.49. The van der Waals surface area contributed by atoms with E-state index in [0.717, 1.165) is 12.8 Å². The minimum absolute atomic E-state index is 0.0706. The van der Waals surface area contributed by atoms with Gasteiger partial charge in [-0.1, -0.05) is 0 Å². The topological polar surface area (TPSA) is 89.3 Å². The fraction of sp³-hybridized carbons (Fsp3) is 0.889. The molecule has 0 aromatic rings. The normalized spacial score (nSPS) is 31.1. The van der Waals surface area contributed by atoms with Crippen LogP contribution >= 0.6 is 0 Å². The molecule has 0 radical (unpaired) electrons. The van der Waals surface area contributed by atoms with Crippen LogP contribution in [-0.4, -0.2) is 37.9 Å². The van der Waals surface area contributed by atoms with Crippen molar-refractivity contribution in [3.05, 3.63) is 0 Å². The Hall–Kier alpha value is -0.620. The van der Waals surface area contributed by atoms with E-state index in [9.17, 15) is 13.2 Å². The van der Waals surface area contributed by atoms with Crippen LogP contribution in [0, 0.1) is 5.92 Å². The maximum absolute atomic E-state index is 11.5. The van der Waals surface area contributed by atoms with E-state index in [1.54, 1.807) is 0 Å². The van der Waals surface area contributed by atoms with E-state index in [1.165, 1.54) is 0 Å². The lowest BCUT2D eigenvalue weighted by Crippen LogP contribution is -2.44. The van der Waals surface area contributed by atoms with E-state index in [4.69, 9.17) is 5.73 Å². The van der Waals surface area contributed by atoms with Crippen molar-refractivity contribution >= 4 is 15.7 Å². The van der Waals surface area contributed by atoms with E-state index in [-0.39, 0.29) is 23.3 Å². The Morgan fingerprint density at radius 2 is 2.13 bits per heavy atom. The van der Waals surface area contributed by atoms with Crippen LogP contribution in [0.2, 0.25) is 0 Å². The van der Waals surface area contributed by atoms with Gasteiger partial charge in [0.05, 0.1) is 17.0 Å². The molecule has 1 amide bonds. The molecule has 3 N–H and O–H groups in total. The standard InChI is InChI=1S/C9H16N2O3S/c10-9(2-3-9)8(12)11-5-7-1-4-15(13,14)6-7/h7H,1-6,10H2,(H,11,12). The Morgan fingerprint density at radius 3 is 2.60 bits per heavy atom. The zero-order chi connectivity index (χ0) is 11.1. The highest BCUT2D eigenvalue weighted by molar-refractivity contribution is 7.91. The van der Waals surface area contributed by atoms with Gasteiger partial charge in [0.1, 0.15) is 0 Å². The van der Waals surface area contributed by atoms with Crippen molar-refractivity contribution in [3.8, 4) is 0 Å². The number of nitrogens with two attached hydrogens (primary N) is 1. The molecule has 1 atom stereocenters. The van der Waals surface area contributed by atoms with Crippen molar-refractivity contribution in [2.75, 3.05) is 18.1 Å². The number of nitrogens with one attached hydrogen (secondary N) is 1. The molecular weight excluding hydrogens is 216 g/mol. The first-order valence-electron chi connectivity index (χ1n) is 5.19. The highest BCUT2D eigenvalue weighted by Gasteiger charge is 2.46. The first-order valence-corrected chi connectivity index (χ1v) is 7.01. The lowest BCUT2D eigenvalue weighted by atomic mass is 10.1. The first-order chi connectivity index (χ1) is 6.91. The largest absolute Gasteiger partial charge is 0.354 e. The molecule has 2 fully saturated rings. The molecule has 2 aliphatic rings. The Balaban J connectivity index is 1.77. The van der Waals surface area contributed by atoms with Crippen LogP contribution in [0.25, 0.3) is 0 Å². The zero-order valence-electron chi connectivity index (χ0n) is 8.53. The van der Waals surface area contributed by atoms with Crippen LogP contribution in [0.5, 0.6) is 0 Å². The summed E-state index contributed by atoms with van der Waals surface area (Å²) >= 11 is 0. The van der Waals surface area contributed by atoms with Gasteiger partial charge in [-0.3, -0.25) is 4.79 Å². The van der Waals surface area contributed by atoms with Gasteiger partial charge in [0.25, 0.3) is 0 Å². The minimum atomic E-state index is -2.85. The predicted molar refractivity (Wildman–Crippen MR) is 55.9 cm³/mol. The monoisotopic (exact) mass is 232 g/mol. The van der Waals surface area contributed by atoms with Crippen molar-refractivity contribution in [2.45, 2.75) is 24.8 Å². The number of hydrogen-bond acceptors (Lipinski definition) is 4. The number of sulfone groups is 1. The third-order valence-corrected chi connectivity index (χ3v) is 4.96. The quantitative estimate of drug-likeness (QED) is 0.655. The summed E-state index contributed by atoms with van der Waals surface area (Å²) in [4.78, 5) is 11.5. The van der Waals surface area contributed by atoms with Crippen molar-refractivity contribution in [2.24, 2.45) is 11.7 Å². The number of carbonyl (C=O) groups is 1. The molecule has 1 heterocycles. The lowest BCUT2D eigenvalue weighted by Gasteiger charge is -2.12. The summed E-state index contributed by atoms with van der Waals surface area (Å²) < 4.78 is 22.3. The van der Waals surface area contributed by atoms with E-state index in [1.807, 2.05) is 0 Å². The number of hydrogen-bond donors (Lipinski definition) is 2. The third-order valence-electron chi connectivity index (χ3n) is 3.12. The van der Waals surface area contributed by atoms with Crippen LogP contribution in [0.15, 0.2) is 0 Å². The molecule has 1 saturated carbocycles. The van der Waals surface area contributed by atoms with Crippen molar-refractivity contribution in [3.63, 3.8) is 0 Å². The number of carbonyl (C=O) groups excluding carboxylic acids is 1. The number of rotatable bonds is 3. The number of amides is 1. The SMILES string of the molecule is NC1(C(=O)NCC2CCS(=O)(=O)C2)CC1. The van der Waals surface area contributed by atoms with Crippen molar-refractivity contribution in [1.82, 2.24) is 5.32 Å². The summed E-state index contributed by atoms with van der Waals surface area (Å²) in [5.41, 5.74) is 5.04. The maximum atomic E-state index is 11.5. The highest BCUT2D eigenvalue weighted by Crippen LogP contribution is 2.32. The van der Waals surface area contributed by atoms with E-state index < -0.39 is 15.4 Å². The van der Waals surface area contributed by atoms with Gasteiger partial charge in [-0.05, 0) is 25.2 Å². The summed E-state index contributed by atoms with van der Waals surface area (Å²) in [6.45, 7) is 0.441. The summed E-state index contributed by atoms with van der Waals surface area (Å²) in [6, 6.07) is 0. The molecule has 0 aromatic carbocycles. The van der Waals surface area contributed by atoms with E-state index in [0.29, 0.717) is 13.0 Å². The maximum Gasteiger partial charge on any atom is 0.240 e. The minimum Gasteiger partial charge on any atom is -0.354 e. The summed E-state index contributed by atoms with van der Waals surface area (Å²) in [5.74, 6) is 0.389. The Morgan fingerprint density at radius 1 is 1.47 bits per heavy atom. The van der Waals surface area contributed by atoms with E-state index in [2.05, 4.69) is 5.32 Å². The summed E-state index contributed by atoms with van der Waals surface area (Å²) in [7, 11) is -2.85. The van der Waals surface area contributed by atoms with Crippen LogP contribution in [-0.2, 0) is 14.6 Å². The van der Waals surface area contributed by atoms with Crippen LogP contribution in [0.1, 0.15) is 19.3 Å². The summed E-state index contributed by atoms with van der Waals surface area (Å²) in [6.07, 6.45) is 2.13. The van der Waals surface area contributed by atoms with Gasteiger partial charge in [0.15, 0.2) is 9.84 Å². The average molecular weight is 232 g/mol. The van der Waals surface area contributed by atoms with Gasteiger partial charge >= 0.3 is 0 Å². The highest BCUT2D eigenvalue weighted by atomic mass is 32.2. The molecule has 2 rings (SSSR count). The molecule has 6 heteroatoms. The molecule has 0 aromatic heterocycles. The van der Waals surface area contributed by atoms with Gasteiger partial charge in [0.2, 0.25) is 5.91 Å². The molecule has 1 aliphatic heterocycles. The Labute approximate surface area is 89.3 Å². The van der Waals surface area contributed by atoms with Gasteiger partial charge in [0, 0.05) is 6.54 Å². The molecule has 15 heavy (non-hydrogen) atoms. The second kappa shape index (κ2) is 3.45. The molecule has 0 bridgehead atoms. The van der Waals surface area contributed by atoms with Crippen molar-refractivity contribution < 1.29 is 13.2 Å². The second-order valence-corrected chi connectivity index (χ2v) is 6.86. The van der Waals surface area contributed by atoms with Gasteiger partial charge in [-0.25, -0.2) is 8.42 Å². The zero-order valence-corrected chi connectivity index (χ0v) is 9.35. The van der Waals surface area contributed by atoms with Crippen molar-refractivity contribution in [1.29, 1.82) is 0 Å². The molecule has 1 unspecified atom stereocenters. The molecular formula is C9H16N2O3S. The van der Waals surface area contributed by atoms with Gasteiger partial charge in [-0.15, -0.1) is 0 Å². The smallest absolute Gasteiger partial charge is 0.240 e. The van der Waals surface area contributed by atoms with Gasteiger partial charge in [-0.2, -0.15) is 0 Å². The predicted octanol–water partition coefficient (Wildman–Crippen LogP) is -0.971.